The minimum atomic E-state index is -1.93. The van der Waals surface area contributed by atoms with Crippen molar-refractivity contribution in [3.05, 3.63) is 0 Å². The van der Waals surface area contributed by atoms with E-state index in [1.54, 1.807) is 0 Å². The predicted octanol–water partition coefficient (Wildman–Crippen LogP) is 3.08. The first-order valence-corrected chi connectivity index (χ1v) is 31.7. The van der Waals surface area contributed by atoms with E-state index in [4.69, 9.17) is 23.7 Å². The quantitative estimate of drug-likeness (QED) is 0.375. The van der Waals surface area contributed by atoms with Gasteiger partial charge >= 0.3 is 60.3 Å². The molecule has 0 aromatic heterocycles. The molecule has 0 spiro atoms. The minimum absolute atomic E-state index is 0.611. The zero-order valence-electron chi connectivity index (χ0n) is 11.1. The zero-order chi connectivity index (χ0) is 15.1. The second kappa shape index (κ2) is 16.4. The fraction of sp³-hybridized carbons (Fsp3) is 1.00. The van der Waals surface area contributed by atoms with E-state index in [2.05, 4.69) is 50.8 Å². The molecule has 0 N–H and O–H groups in total. The molecule has 0 amide bonds. The first-order chi connectivity index (χ1) is 9.50. The summed E-state index contributed by atoms with van der Waals surface area (Å²) in [7, 11) is -1.93. The number of halogens is 4. The van der Waals surface area contributed by atoms with E-state index < -0.39 is 9.49 Å². The topological polar surface area (TPSA) is 46.2 Å². The van der Waals surface area contributed by atoms with E-state index in [0.717, 1.165) is 0 Å². The molecule has 122 valence electrons. The third kappa shape index (κ3) is 25.5. The number of ether oxygens (including phenoxy) is 5. The molecule has 20 heavy (non-hydrogen) atoms. The third-order valence-corrected chi connectivity index (χ3v) is 1.86. The average molecular weight is 659 g/mol. The molecular weight excluding hydrogens is 638 g/mol. The number of hydrogen-bond acceptors (Lipinski definition) is 5. The van der Waals surface area contributed by atoms with Gasteiger partial charge in [-0.25, -0.2) is 0 Å². The van der Waals surface area contributed by atoms with Crippen LogP contribution in [-0.4, -0.2) is 75.6 Å². The monoisotopic (exact) mass is 656 g/mol. The van der Waals surface area contributed by atoms with Crippen LogP contribution in [0.3, 0.4) is 0 Å². The Balaban J connectivity index is 0.000000621. The maximum absolute atomic E-state index is 5.28. The Morgan fingerprint density at radius 3 is 0.600 bits per heavy atom. The van der Waals surface area contributed by atoms with E-state index in [1.807, 2.05) is 0 Å². The summed E-state index contributed by atoms with van der Waals surface area (Å²) in [5.74, 6) is 0. The van der Waals surface area contributed by atoms with Gasteiger partial charge in [-0.1, -0.05) is 0 Å². The fourth-order valence-corrected chi connectivity index (χ4v) is 1.10. The SMILES string of the molecule is C1COCCOCCOCCOCCO1.[Br][Sn]([Br])([Br])[Br]. The van der Waals surface area contributed by atoms with Crippen LogP contribution in [0, 0.1) is 0 Å². The fourth-order valence-electron chi connectivity index (χ4n) is 1.10. The summed E-state index contributed by atoms with van der Waals surface area (Å²) in [6.45, 7) is 6.11. The molecule has 0 radical (unpaired) electrons. The Hall–Kier alpha value is 2.52. The van der Waals surface area contributed by atoms with Crippen LogP contribution in [0.1, 0.15) is 0 Å². The first kappa shape index (κ1) is 22.5. The molecule has 1 fully saturated rings. The predicted molar refractivity (Wildman–Crippen MR) is 95.6 cm³/mol. The Labute approximate surface area is 148 Å². The summed E-state index contributed by atoms with van der Waals surface area (Å²) in [5.41, 5.74) is 0. The number of rotatable bonds is 0. The maximum atomic E-state index is 5.28. The van der Waals surface area contributed by atoms with Gasteiger partial charge in [0.25, 0.3) is 0 Å². The molecule has 0 unspecified atom stereocenters. The Bertz CT molecular complexity index is 144. The van der Waals surface area contributed by atoms with Gasteiger partial charge in [-0.3, -0.25) is 0 Å². The summed E-state index contributed by atoms with van der Waals surface area (Å²) < 4.78 is 26.4. The Morgan fingerprint density at radius 1 is 0.400 bits per heavy atom. The second-order valence-corrected chi connectivity index (χ2v) is 80.7. The van der Waals surface area contributed by atoms with Gasteiger partial charge in [-0.05, 0) is 0 Å². The van der Waals surface area contributed by atoms with Crippen molar-refractivity contribution in [3.8, 4) is 0 Å². The molecule has 0 aromatic rings. The van der Waals surface area contributed by atoms with Crippen molar-refractivity contribution in [2.75, 3.05) is 66.1 Å². The first-order valence-electron chi connectivity index (χ1n) is 6.14. The molecule has 1 aliphatic rings. The van der Waals surface area contributed by atoms with Crippen molar-refractivity contribution < 1.29 is 23.7 Å². The van der Waals surface area contributed by atoms with E-state index in [9.17, 15) is 0 Å². The molecule has 5 nitrogen and oxygen atoms in total. The van der Waals surface area contributed by atoms with Gasteiger partial charge in [0.05, 0.1) is 66.1 Å². The van der Waals surface area contributed by atoms with Crippen LogP contribution in [0.5, 0.6) is 0 Å². The van der Waals surface area contributed by atoms with Crippen molar-refractivity contribution in [2.45, 2.75) is 0 Å². The summed E-state index contributed by atoms with van der Waals surface area (Å²) in [4.78, 5) is 0. The van der Waals surface area contributed by atoms with Gasteiger partial charge in [0, 0.05) is 0 Å². The van der Waals surface area contributed by atoms with Crippen LogP contribution >= 0.6 is 50.8 Å². The van der Waals surface area contributed by atoms with Crippen LogP contribution in [-0.2, 0) is 23.7 Å². The molecule has 1 aliphatic heterocycles. The average Bonchev–Trinajstić information content (AvgIpc) is 2.35. The molecule has 0 aromatic carbocycles. The molecule has 10 heteroatoms. The van der Waals surface area contributed by atoms with Gasteiger partial charge in [0.1, 0.15) is 0 Å². The number of hydrogen-bond donors (Lipinski definition) is 0. The summed E-state index contributed by atoms with van der Waals surface area (Å²) in [5, 5.41) is 0. The van der Waals surface area contributed by atoms with E-state index >= 15 is 0 Å². The van der Waals surface area contributed by atoms with Crippen LogP contribution in [0.15, 0.2) is 0 Å². The van der Waals surface area contributed by atoms with Crippen LogP contribution in [0.25, 0.3) is 0 Å². The van der Waals surface area contributed by atoms with E-state index in [0.29, 0.717) is 66.1 Å². The summed E-state index contributed by atoms with van der Waals surface area (Å²) in [6, 6.07) is 0. The normalized spacial score (nSPS) is 21.0. The Kier molecular flexibility index (Phi) is 18.4. The van der Waals surface area contributed by atoms with Crippen molar-refractivity contribution in [2.24, 2.45) is 0 Å². The Morgan fingerprint density at radius 2 is 0.500 bits per heavy atom. The standard InChI is InChI=1S/C10H20O5.4BrH.Sn/c1-2-12-5-6-14-9-10-15-8-7-13-4-3-11-1;;;;;/h1-10H2;4*1H;/q;;;;;+4/p-4. The molecular formula is C10H20Br4O5Sn. The molecule has 0 atom stereocenters. The molecule has 0 aliphatic carbocycles. The molecule has 1 saturated heterocycles. The van der Waals surface area contributed by atoms with Gasteiger partial charge in [0.15, 0.2) is 0 Å². The summed E-state index contributed by atoms with van der Waals surface area (Å²) in [6.07, 6.45) is 0. The van der Waals surface area contributed by atoms with Crippen LogP contribution < -0.4 is 0 Å². The van der Waals surface area contributed by atoms with Crippen molar-refractivity contribution in [1.29, 1.82) is 0 Å². The second-order valence-electron chi connectivity index (χ2n) is 3.49. The van der Waals surface area contributed by atoms with E-state index in [-0.39, 0.29) is 0 Å². The van der Waals surface area contributed by atoms with Gasteiger partial charge in [0.2, 0.25) is 0 Å². The van der Waals surface area contributed by atoms with Gasteiger partial charge in [-0.2, -0.15) is 0 Å². The third-order valence-electron chi connectivity index (χ3n) is 1.86. The van der Waals surface area contributed by atoms with Crippen molar-refractivity contribution in [3.63, 3.8) is 0 Å². The molecule has 0 bridgehead atoms. The van der Waals surface area contributed by atoms with Gasteiger partial charge in [-0.15, -0.1) is 0 Å². The van der Waals surface area contributed by atoms with Crippen LogP contribution in [0.4, 0.5) is 0 Å². The molecule has 1 rings (SSSR count). The van der Waals surface area contributed by atoms with Crippen LogP contribution in [0.2, 0.25) is 0 Å². The molecule has 1 heterocycles. The van der Waals surface area contributed by atoms with Crippen molar-refractivity contribution >= 4 is 60.3 Å². The van der Waals surface area contributed by atoms with Gasteiger partial charge < -0.3 is 23.7 Å². The van der Waals surface area contributed by atoms with E-state index in [1.165, 1.54) is 0 Å². The zero-order valence-corrected chi connectivity index (χ0v) is 20.3. The summed E-state index contributed by atoms with van der Waals surface area (Å²) >= 11 is 13.3. The molecule has 0 saturated carbocycles. The van der Waals surface area contributed by atoms with Crippen molar-refractivity contribution in [1.82, 2.24) is 0 Å².